The number of rotatable bonds is 4. The van der Waals surface area contributed by atoms with Gasteiger partial charge in [-0.3, -0.25) is 14.5 Å². The van der Waals surface area contributed by atoms with Crippen LogP contribution in [0.3, 0.4) is 0 Å². The summed E-state index contributed by atoms with van der Waals surface area (Å²) >= 11 is 0. The number of hydrogen-bond donors (Lipinski definition) is 2. The minimum absolute atomic E-state index is 0. The second-order valence-electron chi connectivity index (χ2n) is 5.45. The van der Waals surface area contributed by atoms with Gasteiger partial charge in [-0.15, -0.1) is 12.4 Å². The van der Waals surface area contributed by atoms with Crippen LogP contribution < -0.4 is 5.32 Å². The number of hydrogen-bond acceptors (Lipinski definition) is 3. The third kappa shape index (κ3) is 5.38. The Morgan fingerprint density at radius 2 is 2.00 bits per heavy atom. The highest BCUT2D eigenvalue weighted by atomic mass is 35.5. The lowest BCUT2D eigenvalue weighted by molar-refractivity contribution is -0.145. The quantitative estimate of drug-likeness (QED) is 0.859. The normalized spacial score (nSPS) is 18.5. The van der Waals surface area contributed by atoms with Gasteiger partial charge in [0, 0.05) is 5.69 Å². The fourth-order valence-electron chi connectivity index (χ4n) is 2.62. The van der Waals surface area contributed by atoms with E-state index in [2.05, 4.69) is 5.32 Å². The number of benzene rings is 1. The van der Waals surface area contributed by atoms with Gasteiger partial charge >= 0.3 is 12.1 Å². The van der Waals surface area contributed by atoms with E-state index < -0.39 is 29.7 Å². The van der Waals surface area contributed by atoms with E-state index in [0.29, 0.717) is 13.0 Å². The van der Waals surface area contributed by atoms with Gasteiger partial charge in [0.2, 0.25) is 5.91 Å². The van der Waals surface area contributed by atoms with Gasteiger partial charge in [0.05, 0.1) is 12.1 Å². The number of carbonyl (C=O) groups is 2. The number of nitrogens with zero attached hydrogens (tertiary/aromatic N) is 1. The van der Waals surface area contributed by atoms with Gasteiger partial charge < -0.3 is 10.4 Å². The van der Waals surface area contributed by atoms with E-state index in [1.807, 2.05) is 0 Å². The highest BCUT2D eigenvalue weighted by Gasteiger charge is 2.31. The average molecular weight is 367 g/mol. The van der Waals surface area contributed by atoms with Crippen molar-refractivity contribution in [1.29, 1.82) is 0 Å². The standard InChI is InChI=1S/C15H17F3N2O3.ClH/c16-15(17,18)10-4-3-5-11(8-10)19-13(21)9-20-7-2-1-6-12(20)14(22)23;/h3-5,8,12H,1-2,6-7,9H2,(H,19,21)(H,22,23);1H. The number of alkyl halides is 3. The molecular formula is C15H18ClF3N2O3. The maximum absolute atomic E-state index is 12.6. The van der Waals surface area contributed by atoms with Gasteiger partial charge in [-0.25, -0.2) is 0 Å². The molecule has 2 N–H and O–H groups in total. The molecule has 0 spiro atoms. The van der Waals surface area contributed by atoms with Gasteiger partial charge in [-0.2, -0.15) is 13.2 Å². The first kappa shape index (κ1) is 20.2. The number of carbonyl (C=O) groups excluding carboxylic acids is 1. The van der Waals surface area contributed by atoms with Crippen molar-refractivity contribution in [3.8, 4) is 0 Å². The fraction of sp³-hybridized carbons (Fsp3) is 0.467. The summed E-state index contributed by atoms with van der Waals surface area (Å²) in [5.41, 5.74) is -0.814. The summed E-state index contributed by atoms with van der Waals surface area (Å²) in [6.45, 7) is 0.320. The number of amides is 1. The van der Waals surface area contributed by atoms with Crippen LogP contribution in [-0.2, 0) is 15.8 Å². The van der Waals surface area contributed by atoms with Crippen molar-refractivity contribution in [2.45, 2.75) is 31.5 Å². The molecule has 1 fully saturated rings. The summed E-state index contributed by atoms with van der Waals surface area (Å²) in [7, 11) is 0. The minimum atomic E-state index is -4.48. The van der Waals surface area contributed by atoms with Crippen LogP contribution in [0.2, 0.25) is 0 Å². The summed E-state index contributed by atoms with van der Waals surface area (Å²) in [5.74, 6) is -1.52. The second kappa shape index (κ2) is 8.34. The monoisotopic (exact) mass is 366 g/mol. The van der Waals surface area contributed by atoms with Crippen molar-refractivity contribution < 1.29 is 27.9 Å². The Morgan fingerprint density at radius 1 is 1.29 bits per heavy atom. The first-order valence-electron chi connectivity index (χ1n) is 7.21. The van der Waals surface area contributed by atoms with Crippen LogP contribution in [0.1, 0.15) is 24.8 Å². The van der Waals surface area contributed by atoms with Crippen LogP contribution in [0.5, 0.6) is 0 Å². The van der Waals surface area contributed by atoms with Crippen molar-refractivity contribution in [3.63, 3.8) is 0 Å². The lowest BCUT2D eigenvalue weighted by Crippen LogP contribution is -2.47. The molecule has 9 heteroatoms. The molecule has 1 aromatic rings. The molecule has 0 bridgehead atoms. The van der Waals surface area contributed by atoms with Gasteiger partial charge in [0.25, 0.3) is 0 Å². The van der Waals surface area contributed by atoms with Crippen LogP contribution in [-0.4, -0.2) is 41.0 Å². The molecule has 1 aliphatic heterocycles. The SMILES string of the molecule is Cl.O=C(CN1CCCCC1C(=O)O)Nc1cccc(C(F)(F)F)c1. The second-order valence-corrected chi connectivity index (χ2v) is 5.45. The Bertz CT molecular complexity index is 596. The maximum Gasteiger partial charge on any atom is 0.416 e. The molecule has 24 heavy (non-hydrogen) atoms. The van der Waals surface area contributed by atoms with E-state index in [9.17, 15) is 22.8 Å². The molecule has 1 unspecified atom stereocenters. The fourth-order valence-corrected chi connectivity index (χ4v) is 2.62. The molecule has 1 aromatic carbocycles. The zero-order valence-corrected chi connectivity index (χ0v) is 13.5. The molecule has 2 rings (SSSR count). The predicted octanol–water partition coefficient (Wildman–Crippen LogP) is 3.00. The molecule has 0 saturated carbocycles. The number of nitrogens with one attached hydrogen (secondary N) is 1. The Morgan fingerprint density at radius 3 is 2.62 bits per heavy atom. The van der Waals surface area contributed by atoms with Crippen LogP contribution in [0.15, 0.2) is 24.3 Å². The van der Waals surface area contributed by atoms with Crippen molar-refractivity contribution in [1.82, 2.24) is 4.90 Å². The molecule has 1 aliphatic rings. The molecule has 0 aromatic heterocycles. The number of likely N-dealkylation sites (tertiary alicyclic amines) is 1. The lowest BCUT2D eigenvalue weighted by atomic mass is 10.0. The van der Waals surface area contributed by atoms with E-state index in [1.165, 1.54) is 17.0 Å². The van der Waals surface area contributed by atoms with Crippen LogP contribution in [0.4, 0.5) is 18.9 Å². The summed E-state index contributed by atoms with van der Waals surface area (Å²) < 4.78 is 37.9. The molecule has 1 atom stereocenters. The van der Waals surface area contributed by atoms with Gasteiger partial charge in [-0.05, 0) is 37.6 Å². The Kier molecular flexibility index (Phi) is 7.04. The smallest absolute Gasteiger partial charge is 0.416 e. The zero-order valence-electron chi connectivity index (χ0n) is 12.7. The number of aliphatic carboxylic acids is 1. The van der Waals surface area contributed by atoms with Gasteiger partial charge in [-0.1, -0.05) is 12.5 Å². The molecule has 1 amide bonds. The lowest BCUT2D eigenvalue weighted by Gasteiger charge is -2.32. The summed E-state index contributed by atoms with van der Waals surface area (Å²) in [5, 5.41) is 11.5. The first-order valence-corrected chi connectivity index (χ1v) is 7.21. The summed E-state index contributed by atoms with van der Waals surface area (Å²) in [4.78, 5) is 24.7. The molecule has 5 nitrogen and oxygen atoms in total. The van der Waals surface area contributed by atoms with Crippen LogP contribution in [0.25, 0.3) is 0 Å². The van der Waals surface area contributed by atoms with Crippen LogP contribution in [0, 0.1) is 0 Å². The Hall–Kier alpha value is -1.80. The van der Waals surface area contributed by atoms with Crippen LogP contribution >= 0.6 is 12.4 Å². The minimum Gasteiger partial charge on any atom is -0.480 e. The van der Waals surface area contributed by atoms with Crippen molar-refractivity contribution in [2.24, 2.45) is 0 Å². The van der Waals surface area contributed by atoms with E-state index in [-0.39, 0.29) is 24.6 Å². The topological polar surface area (TPSA) is 69.6 Å². The Labute approximate surface area is 143 Å². The van der Waals surface area contributed by atoms with E-state index in [1.54, 1.807) is 0 Å². The molecular weight excluding hydrogens is 349 g/mol. The molecule has 1 heterocycles. The molecule has 1 saturated heterocycles. The number of anilines is 1. The maximum atomic E-state index is 12.6. The number of halogens is 4. The third-order valence-corrected chi connectivity index (χ3v) is 3.72. The highest BCUT2D eigenvalue weighted by molar-refractivity contribution is 5.92. The zero-order chi connectivity index (χ0) is 17.0. The van der Waals surface area contributed by atoms with Gasteiger partial charge in [0.1, 0.15) is 6.04 Å². The van der Waals surface area contributed by atoms with E-state index >= 15 is 0 Å². The van der Waals surface area contributed by atoms with Crippen molar-refractivity contribution in [2.75, 3.05) is 18.4 Å². The van der Waals surface area contributed by atoms with Gasteiger partial charge in [0.15, 0.2) is 0 Å². The van der Waals surface area contributed by atoms with Crippen molar-refractivity contribution >= 4 is 30.0 Å². The number of carboxylic acids is 1. The molecule has 0 aliphatic carbocycles. The summed E-state index contributed by atoms with van der Waals surface area (Å²) in [6, 6.07) is 3.61. The Balaban J connectivity index is 0.00000288. The third-order valence-electron chi connectivity index (χ3n) is 3.72. The van der Waals surface area contributed by atoms with Crippen molar-refractivity contribution in [3.05, 3.63) is 29.8 Å². The van der Waals surface area contributed by atoms with E-state index in [4.69, 9.17) is 5.11 Å². The molecule has 134 valence electrons. The number of carboxylic acid groups (broad SMARTS) is 1. The first-order chi connectivity index (χ1) is 10.8. The largest absolute Gasteiger partial charge is 0.480 e. The summed E-state index contributed by atoms with van der Waals surface area (Å²) in [6.07, 6.45) is -2.45. The predicted molar refractivity (Wildman–Crippen MR) is 84.2 cm³/mol. The highest BCUT2D eigenvalue weighted by Crippen LogP contribution is 2.30. The average Bonchev–Trinajstić information content (AvgIpc) is 2.46. The van der Waals surface area contributed by atoms with E-state index in [0.717, 1.165) is 25.0 Å². The molecule has 0 radical (unpaired) electrons. The number of piperidine rings is 1.